The molecule has 0 fully saturated rings. The molecule has 0 saturated carbocycles. The predicted molar refractivity (Wildman–Crippen MR) is 203 cm³/mol. The van der Waals surface area contributed by atoms with Crippen LogP contribution < -0.4 is 0 Å². The number of rotatable bonds is 4. The van der Waals surface area contributed by atoms with Crippen molar-refractivity contribution in [3.63, 3.8) is 0 Å². The largest absolute Gasteiger partial charge is 0.507 e. The van der Waals surface area contributed by atoms with Gasteiger partial charge in [-0.1, -0.05) is 109 Å². The summed E-state index contributed by atoms with van der Waals surface area (Å²) in [7, 11) is 0. The molecule has 258 valence electrons. The van der Waals surface area contributed by atoms with E-state index in [1.54, 1.807) is 18.2 Å². The number of imidazole rings is 1. The molecule has 5 nitrogen and oxygen atoms in total. The molecule has 6 rings (SSSR count). The molecule has 0 saturated heterocycles. The van der Waals surface area contributed by atoms with E-state index in [0.29, 0.717) is 17.1 Å². The Morgan fingerprint density at radius 3 is 1.94 bits per heavy atom. The minimum atomic E-state index is -0.121. The number of hydrogen-bond acceptors (Lipinski definition) is 3. The topological polar surface area (TPSA) is 55.3 Å². The van der Waals surface area contributed by atoms with Gasteiger partial charge in [-0.2, -0.15) is 0 Å². The quantitative estimate of drug-likeness (QED) is 0.180. The Morgan fingerprint density at radius 2 is 1.34 bits per heavy atom. The molecule has 0 aliphatic rings. The molecule has 2 heterocycles. The van der Waals surface area contributed by atoms with Crippen molar-refractivity contribution in [1.82, 2.24) is 14.5 Å². The fourth-order valence-corrected chi connectivity index (χ4v) is 6.11. The molecular weight excluding hydrogens is 796 g/mol. The SMILES string of the molecule is [C-]#[N+]c1ccc(O)c(-c2nc3c(-c4[c-]c(-c5cc(C)ccn5)cc(C(C)(C)C)c4)cccc3n2-c2cc(C(C)(C)C)cc(C(C)(C)C)c2)c1.[Pt]. The second-order valence-electron chi connectivity index (χ2n) is 16.2. The van der Waals surface area contributed by atoms with Gasteiger partial charge in [0.25, 0.3) is 0 Å². The van der Waals surface area contributed by atoms with Crippen molar-refractivity contribution in [3.05, 3.63) is 125 Å². The summed E-state index contributed by atoms with van der Waals surface area (Å²) in [6.07, 6.45) is 1.85. The van der Waals surface area contributed by atoms with Gasteiger partial charge >= 0.3 is 0 Å². The van der Waals surface area contributed by atoms with E-state index >= 15 is 0 Å². The minimum absolute atomic E-state index is 0. The zero-order chi connectivity index (χ0) is 35.5. The van der Waals surface area contributed by atoms with Crippen molar-refractivity contribution in [2.75, 3.05) is 0 Å². The second-order valence-corrected chi connectivity index (χ2v) is 16.2. The van der Waals surface area contributed by atoms with Crippen molar-refractivity contribution >= 4 is 16.7 Å². The molecule has 0 aliphatic heterocycles. The Bertz CT molecular complexity index is 2240. The summed E-state index contributed by atoms with van der Waals surface area (Å²) in [5.74, 6) is 0.645. The van der Waals surface area contributed by atoms with Crippen molar-refractivity contribution in [1.29, 1.82) is 0 Å². The van der Waals surface area contributed by atoms with Gasteiger partial charge in [0.1, 0.15) is 11.6 Å². The summed E-state index contributed by atoms with van der Waals surface area (Å²) >= 11 is 0. The molecule has 0 unspecified atom stereocenters. The fraction of sp³-hybridized carbons (Fsp3) is 0.295. The van der Waals surface area contributed by atoms with Crippen molar-refractivity contribution in [2.45, 2.75) is 85.5 Å². The van der Waals surface area contributed by atoms with Gasteiger partial charge in [0.05, 0.1) is 17.6 Å². The maximum Gasteiger partial charge on any atom is 0.188 e. The molecule has 0 aliphatic carbocycles. The van der Waals surface area contributed by atoms with E-state index in [-0.39, 0.29) is 43.1 Å². The Morgan fingerprint density at radius 1 is 0.720 bits per heavy atom. The number of pyridine rings is 1. The number of fused-ring (bicyclic) bond motifs is 1. The summed E-state index contributed by atoms with van der Waals surface area (Å²) < 4.78 is 2.14. The number of benzene rings is 4. The number of hydrogen-bond donors (Lipinski definition) is 1. The summed E-state index contributed by atoms with van der Waals surface area (Å²) in [5, 5.41) is 11.3. The third kappa shape index (κ3) is 7.19. The van der Waals surface area contributed by atoms with Gasteiger partial charge < -0.3 is 5.11 Å². The normalized spacial score (nSPS) is 12.1. The van der Waals surface area contributed by atoms with E-state index < -0.39 is 0 Å². The smallest absolute Gasteiger partial charge is 0.188 e. The number of nitrogens with zero attached hydrogens (tertiary/aromatic N) is 4. The van der Waals surface area contributed by atoms with Gasteiger partial charge in [0.2, 0.25) is 0 Å². The molecule has 1 N–H and O–H groups in total. The van der Waals surface area contributed by atoms with Gasteiger partial charge in [-0.25, -0.2) is 9.83 Å². The van der Waals surface area contributed by atoms with Crippen LogP contribution in [0.5, 0.6) is 5.75 Å². The van der Waals surface area contributed by atoms with Gasteiger partial charge in [-0.05, 0) is 70.7 Å². The zero-order valence-electron chi connectivity index (χ0n) is 30.6. The molecule has 50 heavy (non-hydrogen) atoms. The van der Waals surface area contributed by atoms with Crippen molar-refractivity contribution < 1.29 is 26.2 Å². The molecule has 6 aromatic rings. The number of phenolic OH excluding ortho intramolecular Hbond substituents is 1. The average molecular weight is 841 g/mol. The summed E-state index contributed by atoms with van der Waals surface area (Å²) in [5.41, 5.74) is 11.6. The molecule has 4 aromatic carbocycles. The number of para-hydroxylation sites is 1. The second kappa shape index (κ2) is 13.3. The van der Waals surface area contributed by atoms with Crippen LogP contribution in [0.4, 0.5) is 5.69 Å². The Hall–Kier alpha value is -4.52. The third-order valence-corrected chi connectivity index (χ3v) is 9.16. The summed E-state index contributed by atoms with van der Waals surface area (Å²) in [4.78, 5) is 13.7. The van der Waals surface area contributed by atoms with Crippen LogP contribution in [0, 0.1) is 19.6 Å². The van der Waals surface area contributed by atoms with Crippen LogP contribution in [-0.2, 0) is 37.3 Å². The van der Waals surface area contributed by atoms with Crippen LogP contribution in [0.15, 0.2) is 85.1 Å². The van der Waals surface area contributed by atoms with Crippen LogP contribution in [0.2, 0.25) is 0 Å². The van der Waals surface area contributed by atoms with E-state index in [2.05, 4.69) is 139 Å². The first-order chi connectivity index (χ1) is 22.9. The molecule has 0 spiro atoms. The van der Waals surface area contributed by atoms with E-state index in [4.69, 9.17) is 16.5 Å². The summed E-state index contributed by atoms with van der Waals surface area (Å²) in [6.45, 7) is 29.8. The first kappa shape index (κ1) is 36.8. The van der Waals surface area contributed by atoms with Gasteiger partial charge in [-0.15, -0.1) is 29.3 Å². The molecule has 0 amide bonds. The number of phenols is 1. The van der Waals surface area contributed by atoms with Gasteiger partial charge in [0.15, 0.2) is 5.69 Å². The number of aromatic nitrogens is 3. The molecular formula is C44H45N4OPt-. The third-order valence-electron chi connectivity index (χ3n) is 9.16. The number of aromatic hydroxyl groups is 1. The van der Waals surface area contributed by atoms with Crippen LogP contribution in [0.3, 0.4) is 0 Å². The van der Waals surface area contributed by atoms with E-state index in [1.165, 1.54) is 16.7 Å². The maximum absolute atomic E-state index is 11.3. The first-order valence-electron chi connectivity index (χ1n) is 16.8. The Labute approximate surface area is 311 Å². The monoisotopic (exact) mass is 840 g/mol. The Kier molecular flexibility index (Phi) is 9.78. The van der Waals surface area contributed by atoms with Gasteiger partial charge in [0, 0.05) is 44.2 Å². The average Bonchev–Trinajstić information content (AvgIpc) is 3.43. The van der Waals surface area contributed by atoms with E-state index in [0.717, 1.165) is 44.7 Å². The Balaban J connectivity index is 0.00000486. The van der Waals surface area contributed by atoms with Crippen molar-refractivity contribution in [3.8, 4) is 45.2 Å². The number of aryl methyl sites for hydroxylation is 1. The van der Waals surface area contributed by atoms with Crippen LogP contribution in [0.1, 0.15) is 84.6 Å². The first-order valence-corrected chi connectivity index (χ1v) is 16.8. The molecule has 6 heteroatoms. The molecule has 2 aromatic heterocycles. The van der Waals surface area contributed by atoms with Crippen LogP contribution in [-0.4, -0.2) is 19.6 Å². The van der Waals surface area contributed by atoms with E-state index in [1.807, 2.05) is 12.3 Å². The van der Waals surface area contributed by atoms with E-state index in [9.17, 15) is 5.11 Å². The maximum atomic E-state index is 11.3. The standard InChI is InChI=1S/C44H45N4O.Pt/c1-27-17-18-46-37(19-27)29-20-28(21-30(22-29)42(2,3)4)35-13-12-14-38-40(35)47-41(36-26-33(45-11)15-16-39(36)49)48(38)34-24-31(43(5,6)7)23-32(25-34)44(8,9)10;/h12-19,21-26,49H,1-10H3;/q-1;. The molecule has 0 atom stereocenters. The fourth-order valence-electron chi connectivity index (χ4n) is 6.11. The predicted octanol–water partition coefficient (Wildman–Crippen LogP) is 11.7. The van der Waals surface area contributed by atoms with Crippen LogP contribution >= 0.6 is 0 Å². The van der Waals surface area contributed by atoms with Crippen molar-refractivity contribution in [2.24, 2.45) is 0 Å². The van der Waals surface area contributed by atoms with Gasteiger partial charge in [-0.3, -0.25) is 9.55 Å². The zero-order valence-corrected chi connectivity index (χ0v) is 32.9. The van der Waals surface area contributed by atoms with Crippen LogP contribution in [0.25, 0.3) is 55.3 Å². The molecule has 0 radical (unpaired) electrons. The minimum Gasteiger partial charge on any atom is -0.507 e. The molecule has 0 bridgehead atoms. The summed E-state index contributed by atoms with van der Waals surface area (Å²) in [6, 6.07) is 30.2.